The van der Waals surface area contributed by atoms with Gasteiger partial charge in [-0.15, -0.1) is 0 Å². The van der Waals surface area contributed by atoms with E-state index in [-0.39, 0.29) is 0 Å². The molecule has 0 atom stereocenters. The zero-order chi connectivity index (χ0) is 10.2. The first kappa shape index (κ1) is 11.8. The molecule has 0 fully saturated rings. The molecule has 0 spiro atoms. The third-order valence-corrected chi connectivity index (χ3v) is 2.69. The third kappa shape index (κ3) is 4.31. The predicted octanol–water partition coefficient (Wildman–Crippen LogP) is 3.45. The molecule has 0 saturated heterocycles. The second-order valence-electron chi connectivity index (χ2n) is 2.76. The topological polar surface area (TPSA) is 9.23 Å². The first-order chi connectivity index (χ1) is 6.84. The molecule has 1 aromatic carbocycles. The highest BCUT2D eigenvalue weighted by molar-refractivity contribution is 9.10. The van der Waals surface area contributed by atoms with Gasteiger partial charge in [-0.25, -0.2) is 0 Å². The average molecular weight is 273 g/mol. The molecule has 3 heteroatoms. The fourth-order valence-electron chi connectivity index (χ4n) is 0.995. The Bertz CT molecular complexity index is 299. The SMILES string of the molecule is SC/C=C/COCc1ccccc1Br. The number of rotatable bonds is 5. The molecule has 1 aromatic rings. The van der Waals surface area contributed by atoms with Crippen LogP contribution in [0.15, 0.2) is 40.9 Å². The van der Waals surface area contributed by atoms with Crippen LogP contribution in [-0.4, -0.2) is 12.4 Å². The lowest BCUT2D eigenvalue weighted by molar-refractivity contribution is 0.148. The van der Waals surface area contributed by atoms with Gasteiger partial charge in [-0.2, -0.15) is 12.6 Å². The van der Waals surface area contributed by atoms with Crippen molar-refractivity contribution in [1.29, 1.82) is 0 Å². The summed E-state index contributed by atoms with van der Waals surface area (Å²) in [6, 6.07) is 8.07. The minimum absolute atomic E-state index is 0.637. The van der Waals surface area contributed by atoms with E-state index in [2.05, 4.69) is 28.6 Å². The number of halogens is 1. The standard InChI is InChI=1S/C11H13BrOS/c12-11-6-2-1-5-10(11)9-13-7-3-4-8-14/h1-6,14H,7-9H2/b4-3+. The Morgan fingerprint density at radius 3 is 2.79 bits per heavy atom. The van der Waals surface area contributed by atoms with Gasteiger partial charge in [0, 0.05) is 10.2 Å². The molecule has 0 bridgehead atoms. The average Bonchev–Trinajstić information content (AvgIpc) is 2.20. The third-order valence-electron chi connectivity index (χ3n) is 1.70. The maximum absolute atomic E-state index is 5.45. The molecule has 0 amide bonds. The van der Waals surface area contributed by atoms with E-state index in [1.165, 1.54) is 5.56 Å². The van der Waals surface area contributed by atoms with Crippen LogP contribution in [0.5, 0.6) is 0 Å². The lowest BCUT2D eigenvalue weighted by Crippen LogP contribution is -1.93. The Balaban J connectivity index is 2.31. The quantitative estimate of drug-likeness (QED) is 0.491. The van der Waals surface area contributed by atoms with Gasteiger partial charge in [0.25, 0.3) is 0 Å². The van der Waals surface area contributed by atoms with Crippen molar-refractivity contribution in [3.63, 3.8) is 0 Å². The van der Waals surface area contributed by atoms with E-state index in [1.807, 2.05) is 36.4 Å². The van der Waals surface area contributed by atoms with Crippen molar-refractivity contribution < 1.29 is 4.74 Å². The van der Waals surface area contributed by atoms with Crippen molar-refractivity contribution in [2.75, 3.05) is 12.4 Å². The summed E-state index contributed by atoms with van der Waals surface area (Å²) in [6.45, 7) is 1.28. The highest BCUT2D eigenvalue weighted by Gasteiger charge is 1.96. The molecule has 0 aliphatic carbocycles. The first-order valence-corrected chi connectivity index (χ1v) is 5.84. The molecule has 0 unspecified atom stereocenters. The molecule has 76 valence electrons. The molecule has 0 aliphatic rings. The zero-order valence-electron chi connectivity index (χ0n) is 7.82. The van der Waals surface area contributed by atoms with E-state index in [0.717, 1.165) is 10.2 Å². The monoisotopic (exact) mass is 272 g/mol. The van der Waals surface area contributed by atoms with E-state index in [9.17, 15) is 0 Å². The Hall–Kier alpha value is -0.250. The summed E-state index contributed by atoms with van der Waals surface area (Å²) in [7, 11) is 0. The summed E-state index contributed by atoms with van der Waals surface area (Å²) in [5, 5.41) is 0. The van der Waals surface area contributed by atoms with Crippen LogP contribution >= 0.6 is 28.6 Å². The van der Waals surface area contributed by atoms with Gasteiger partial charge in [-0.1, -0.05) is 46.3 Å². The molecular weight excluding hydrogens is 260 g/mol. The largest absolute Gasteiger partial charge is 0.373 e. The maximum atomic E-state index is 5.45. The van der Waals surface area contributed by atoms with E-state index < -0.39 is 0 Å². The molecule has 0 aromatic heterocycles. The minimum atomic E-state index is 0.637. The molecule has 0 heterocycles. The molecule has 1 rings (SSSR count). The van der Waals surface area contributed by atoms with E-state index in [4.69, 9.17) is 4.74 Å². The number of benzene rings is 1. The van der Waals surface area contributed by atoms with Gasteiger partial charge in [0.05, 0.1) is 13.2 Å². The number of hydrogen-bond acceptors (Lipinski definition) is 2. The number of thiol groups is 1. The van der Waals surface area contributed by atoms with E-state index in [1.54, 1.807) is 0 Å². The summed E-state index contributed by atoms with van der Waals surface area (Å²) in [5.74, 6) is 0.762. The highest BCUT2D eigenvalue weighted by Crippen LogP contribution is 2.16. The van der Waals surface area contributed by atoms with Gasteiger partial charge >= 0.3 is 0 Å². The molecule has 0 aliphatic heterocycles. The van der Waals surface area contributed by atoms with Gasteiger partial charge in [-0.05, 0) is 11.6 Å². The van der Waals surface area contributed by atoms with Crippen LogP contribution in [0.2, 0.25) is 0 Å². The van der Waals surface area contributed by atoms with Gasteiger partial charge in [0.1, 0.15) is 0 Å². The zero-order valence-corrected chi connectivity index (χ0v) is 10.3. The molecule has 14 heavy (non-hydrogen) atoms. The molecule has 1 nitrogen and oxygen atoms in total. The second-order valence-corrected chi connectivity index (χ2v) is 3.98. The van der Waals surface area contributed by atoms with Crippen molar-refractivity contribution >= 4 is 28.6 Å². The van der Waals surface area contributed by atoms with E-state index >= 15 is 0 Å². The van der Waals surface area contributed by atoms with Gasteiger partial charge < -0.3 is 4.74 Å². The summed E-state index contributed by atoms with van der Waals surface area (Å²) in [4.78, 5) is 0. The minimum Gasteiger partial charge on any atom is -0.373 e. The Morgan fingerprint density at radius 1 is 1.29 bits per heavy atom. The summed E-state index contributed by atoms with van der Waals surface area (Å²) in [5.41, 5.74) is 1.17. The van der Waals surface area contributed by atoms with Crippen LogP contribution in [0.1, 0.15) is 5.56 Å². The molecule has 0 radical (unpaired) electrons. The van der Waals surface area contributed by atoms with Crippen LogP contribution in [0.25, 0.3) is 0 Å². The summed E-state index contributed by atoms with van der Waals surface area (Å²) >= 11 is 7.53. The Morgan fingerprint density at radius 2 is 2.07 bits per heavy atom. The highest BCUT2D eigenvalue weighted by atomic mass is 79.9. The fourth-order valence-corrected chi connectivity index (χ4v) is 1.54. The summed E-state index contributed by atoms with van der Waals surface area (Å²) in [6.07, 6.45) is 3.95. The molecule has 0 saturated carbocycles. The smallest absolute Gasteiger partial charge is 0.0732 e. The predicted molar refractivity (Wildman–Crippen MR) is 66.8 cm³/mol. The molecular formula is C11H13BrOS. The van der Waals surface area contributed by atoms with Crippen molar-refractivity contribution in [3.05, 3.63) is 46.5 Å². The summed E-state index contributed by atoms with van der Waals surface area (Å²) < 4.78 is 6.55. The van der Waals surface area contributed by atoms with Gasteiger partial charge in [0.2, 0.25) is 0 Å². The number of ether oxygens (including phenoxy) is 1. The van der Waals surface area contributed by atoms with Crippen molar-refractivity contribution in [2.24, 2.45) is 0 Å². The lowest BCUT2D eigenvalue weighted by atomic mass is 10.2. The fraction of sp³-hybridized carbons (Fsp3) is 0.273. The van der Waals surface area contributed by atoms with Crippen LogP contribution < -0.4 is 0 Å². The lowest BCUT2D eigenvalue weighted by Gasteiger charge is -2.03. The van der Waals surface area contributed by atoms with Crippen LogP contribution in [0.3, 0.4) is 0 Å². The van der Waals surface area contributed by atoms with Crippen molar-refractivity contribution in [1.82, 2.24) is 0 Å². The second kappa shape index (κ2) is 7.10. The van der Waals surface area contributed by atoms with Crippen molar-refractivity contribution in [3.8, 4) is 0 Å². The van der Waals surface area contributed by atoms with E-state index in [0.29, 0.717) is 13.2 Å². The first-order valence-electron chi connectivity index (χ1n) is 4.41. The molecule has 0 N–H and O–H groups in total. The van der Waals surface area contributed by atoms with Crippen LogP contribution in [0, 0.1) is 0 Å². The maximum Gasteiger partial charge on any atom is 0.0732 e. The Kier molecular flexibility index (Phi) is 5.99. The van der Waals surface area contributed by atoms with Crippen molar-refractivity contribution in [2.45, 2.75) is 6.61 Å². The van der Waals surface area contributed by atoms with Gasteiger partial charge in [0.15, 0.2) is 0 Å². The Labute approximate surface area is 98.7 Å². The number of hydrogen-bond donors (Lipinski definition) is 1. The normalized spacial score (nSPS) is 11.0. The van der Waals surface area contributed by atoms with Gasteiger partial charge in [-0.3, -0.25) is 0 Å². The van der Waals surface area contributed by atoms with Crippen LogP contribution in [0.4, 0.5) is 0 Å². The van der Waals surface area contributed by atoms with Crippen LogP contribution in [-0.2, 0) is 11.3 Å².